The van der Waals surface area contributed by atoms with Crippen molar-refractivity contribution in [2.24, 2.45) is 0 Å². The fourth-order valence-electron chi connectivity index (χ4n) is 3.36. The number of aromatic hydroxyl groups is 1. The summed E-state index contributed by atoms with van der Waals surface area (Å²) in [4.78, 5) is 14.1. The van der Waals surface area contributed by atoms with Gasteiger partial charge in [-0.15, -0.1) is 12.4 Å². The summed E-state index contributed by atoms with van der Waals surface area (Å²) in [6, 6.07) is 14.3. The molecule has 0 saturated carbocycles. The van der Waals surface area contributed by atoms with Crippen molar-refractivity contribution in [2.45, 2.75) is 31.9 Å². The van der Waals surface area contributed by atoms with E-state index in [4.69, 9.17) is 4.74 Å². The number of aliphatic hydroxyl groups excluding tert-OH is 1. The second-order valence-corrected chi connectivity index (χ2v) is 6.96. The average Bonchev–Trinajstić information content (AvgIpc) is 2.71. The molecule has 0 amide bonds. The van der Waals surface area contributed by atoms with Gasteiger partial charge in [0.2, 0.25) is 5.56 Å². The first-order valence-electron chi connectivity index (χ1n) is 9.38. The first-order chi connectivity index (χ1) is 13.5. The number of pyridine rings is 1. The lowest BCUT2D eigenvalue weighted by Crippen LogP contribution is -2.31. The third kappa shape index (κ3) is 5.50. The van der Waals surface area contributed by atoms with Gasteiger partial charge in [0, 0.05) is 24.0 Å². The molecule has 0 radical (unpaired) electrons. The molecule has 0 spiro atoms. The highest BCUT2D eigenvalue weighted by molar-refractivity contribution is 5.87. The number of halogens is 1. The van der Waals surface area contributed by atoms with Crippen LogP contribution in [0.3, 0.4) is 0 Å². The van der Waals surface area contributed by atoms with Crippen LogP contribution in [-0.4, -0.2) is 34.9 Å². The molecule has 1 aromatic heterocycles. The molecule has 0 saturated heterocycles. The third-order valence-corrected chi connectivity index (χ3v) is 4.96. The molecule has 0 fully saturated rings. The molecule has 0 aliphatic heterocycles. The molecule has 0 aliphatic rings. The SMILES string of the molecule is COc1ccccc1CCC(C)NCC(O)c1ccc(O)c2[nH]c(=O)ccc12.Cl. The molecule has 2 aromatic carbocycles. The van der Waals surface area contributed by atoms with E-state index in [9.17, 15) is 15.0 Å². The fourth-order valence-corrected chi connectivity index (χ4v) is 3.36. The number of nitrogens with one attached hydrogen (secondary N) is 2. The second-order valence-electron chi connectivity index (χ2n) is 6.96. The second kappa shape index (κ2) is 10.3. The van der Waals surface area contributed by atoms with Crippen molar-refractivity contribution < 1.29 is 14.9 Å². The topological polar surface area (TPSA) is 94.6 Å². The maximum Gasteiger partial charge on any atom is 0.248 e. The molecule has 0 bridgehead atoms. The molecule has 2 unspecified atom stereocenters. The predicted molar refractivity (Wildman–Crippen MR) is 117 cm³/mol. The molecule has 2 atom stereocenters. The average molecular weight is 419 g/mol. The van der Waals surface area contributed by atoms with E-state index < -0.39 is 6.10 Å². The van der Waals surface area contributed by atoms with E-state index in [0.29, 0.717) is 23.0 Å². The van der Waals surface area contributed by atoms with Crippen molar-refractivity contribution in [1.29, 1.82) is 0 Å². The van der Waals surface area contributed by atoms with Crippen LogP contribution in [0.2, 0.25) is 0 Å². The van der Waals surface area contributed by atoms with E-state index in [1.54, 1.807) is 19.2 Å². The standard InChI is InChI=1S/C22H26N2O4.ClH/c1-14(7-8-15-5-3-4-6-20(15)28-2)23-13-19(26)16-9-11-18(25)22-17(16)10-12-21(27)24-22;/h3-6,9-12,14,19,23,25-26H,7-8,13H2,1-2H3,(H,24,27);1H. The summed E-state index contributed by atoms with van der Waals surface area (Å²) in [6.45, 7) is 2.45. The minimum atomic E-state index is -0.761. The molecule has 3 aromatic rings. The summed E-state index contributed by atoms with van der Waals surface area (Å²) in [5.74, 6) is 0.876. The number of aromatic amines is 1. The van der Waals surface area contributed by atoms with Crippen LogP contribution in [0.25, 0.3) is 10.9 Å². The zero-order chi connectivity index (χ0) is 20.1. The van der Waals surface area contributed by atoms with E-state index >= 15 is 0 Å². The molecular weight excluding hydrogens is 392 g/mol. The Morgan fingerprint density at radius 3 is 2.66 bits per heavy atom. The lowest BCUT2D eigenvalue weighted by atomic mass is 10.0. The van der Waals surface area contributed by atoms with Gasteiger partial charge in [-0.25, -0.2) is 0 Å². The predicted octanol–water partition coefficient (Wildman–Crippen LogP) is 3.31. The number of benzene rings is 2. The number of para-hydroxylation sites is 1. The van der Waals surface area contributed by atoms with E-state index in [-0.39, 0.29) is 29.8 Å². The highest BCUT2D eigenvalue weighted by atomic mass is 35.5. The first kappa shape index (κ1) is 22.7. The number of phenols is 1. The van der Waals surface area contributed by atoms with Crippen molar-refractivity contribution in [1.82, 2.24) is 10.3 Å². The number of hydrogen-bond acceptors (Lipinski definition) is 5. The van der Waals surface area contributed by atoms with Gasteiger partial charge in [-0.1, -0.05) is 24.3 Å². The number of ether oxygens (including phenoxy) is 1. The Hall–Kier alpha value is -2.54. The Kier molecular flexibility index (Phi) is 8.08. The summed E-state index contributed by atoms with van der Waals surface area (Å²) in [6.07, 6.45) is 1.01. The Bertz CT molecular complexity index is 1010. The van der Waals surface area contributed by atoms with Crippen molar-refractivity contribution in [3.8, 4) is 11.5 Å². The van der Waals surface area contributed by atoms with Crippen LogP contribution in [0, 0.1) is 0 Å². The molecule has 1 heterocycles. The van der Waals surface area contributed by atoms with E-state index in [1.165, 1.54) is 12.1 Å². The Morgan fingerprint density at radius 2 is 1.90 bits per heavy atom. The summed E-state index contributed by atoms with van der Waals surface area (Å²) in [5.41, 5.74) is 1.87. The lowest BCUT2D eigenvalue weighted by Gasteiger charge is -2.19. The van der Waals surface area contributed by atoms with Crippen LogP contribution >= 0.6 is 12.4 Å². The zero-order valence-corrected chi connectivity index (χ0v) is 17.3. The smallest absolute Gasteiger partial charge is 0.248 e. The molecule has 156 valence electrons. The monoisotopic (exact) mass is 418 g/mol. The number of hydrogen-bond donors (Lipinski definition) is 4. The van der Waals surface area contributed by atoms with Crippen LogP contribution in [0.4, 0.5) is 0 Å². The van der Waals surface area contributed by atoms with E-state index in [2.05, 4.69) is 23.3 Å². The Balaban J connectivity index is 0.00000300. The number of aryl methyl sites for hydroxylation is 1. The summed E-state index contributed by atoms with van der Waals surface area (Å²) in [5, 5.41) is 24.6. The lowest BCUT2D eigenvalue weighted by molar-refractivity contribution is 0.171. The van der Waals surface area contributed by atoms with Gasteiger partial charge >= 0.3 is 0 Å². The van der Waals surface area contributed by atoms with Gasteiger partial charge < -0.3 is 25.3 Å². The van der Waals surface area contributed by atoms with Crippen LogP contribution in [-0.2, 0) is 6.42 Å². The normalized spacial score (nSPS) is 12.9. The van der Waals surface area contributed by atoms with Gasteiger partial charge in [0.05, 0.1) is 18.7 Å². The minimum Gasteiger partial charge on any atom is -0.506 e. The summed E-state index contributed by atoms with van der Waals surface area (Å²) in [7, 11) is 1.67. The number of aliphatic hydroxyl groups is 1. The van der Waals surface area contributed by atoms with Gasteiger partial charge in [-0.05, 0) is 49.1 Å². The number of aromatic nitrogens is 1. The van der Waals surface area contributed by atoms with Crippen LogP contribution in [0.5, 0.6) is 11.5 Å². The van der Waals surface area contributed by atoms with Gasteiger partial charge in [0.1, 0.15) is 11.5 Å². The van der Waals surface area contributed by atoms with Gasteiger partial charge in [-0.2, -0.15) is 0 Å². The van der Waals surface area contributed by atoms with Gasteiger partial charge in [0.15, 0.2) is 0 Å². The largest absolute Gasteiger partial charge is 0.506 e. The number of phenolic OH excluding ortho intramolecular Hbond substituents is 1. The number of rotatable bonds is 8. The van der Waals surface area contributed by atoms with E-state index in [1.807, 2.05) is 18.2 Å². The maximum atomic E-state index is 11.5. The number of H-pyrrole nitrogens is 1. The summed E-state index contributed by atoms with van der Waals surface area (Å²) < 4.78 is 5.39. The minimum absolute atomic E-state index is 0. The molecule has 4 N–H and O–H groups in total. The van der Waals surface area contributed by atoms with Crippen molar-refractivity contribution in [3.05, 3.63) is 70.0 Å². The van der Waals surface area contributed by atoms with Crippen molar-refractivity contribution >= 4 is 23.3 Å². The van der Waals surface area contributed by atoms with Crippen LogP contribution in [0.1, 0.15) is 30.6 Å². The fraction of sp³-hybridized carbons (Fsp3) is 0.318. The molecule has 3 rings (SSSR count). The zero-order valence-electron chi connectivity index (χ0n) is 16.5. The van der Waals surface area contributed by atoms with Crippen molar-refractivity contribution in [2.75, 3.05) is 13.7 Å². The van der Waals surface area contributed by atoms with Gasteiger partial charge in [0.25, 0.3) is 0 Å². The Labute approximate surface area is 176 Å². The highest BCUT2D eigenvalue weighted by Gasteiger charge is 2.15. The molecule has 7 heteroatoms. The molecule has 6 nitrogen and oxygen atoms in total. The van der Waals surface area contributed by atoms with Gasteiger partial charge in [-0.3, -0.25) is 4.79 Å². The number of fused-ring (bicyclic) bond motifs is 1. The molecular formula is C22H27ClN2O4. The maximum absolute atomic E-state index is 11.5. The summed E-state index contributed by atoms with van der Waals surface area (Å²) >= 11 is 0. The van der Waals surface area contributed by atoms with Crippen LogP contribution in [0.15, 0.2) is 53.3 Å². The van der Waals surface area contributed by atoms with Crippen molar-refractivity contribution in [3.63, 3.8) is 0 Å². The van der Waals surface area contributed by atoms with Crippen LogP contribution < -0.4 is 15.6 Å². The number of methoxy groups -OCH3 is 1. The van der Waals surface area contributed by atoms with E-state index in [0.717, 1.165) is 24.2 Å². The quantitative estimate of drug-likeness (QED) is 0.450. The molecule has 29 heavy (non-hydrogen) atoms. The highest BCUT2D eigenvalue weighted by Crippen LogP contribution is 2.28. The third-order valence-electron chi connectivity index (χ3n) is 4.96. The molecule has 0 aliphatic carbocycles. The Morgan fingerprint density at radius 1 is 1.14 bits per heavy atom. The first-order valence-corrected chi connectivity index (χ1v) is 9.38.